The van der Waals surface area contributed by atoms with Crippen molar-refractivity contribution in [2.75, 3.05) is 18.8 Å². The average Bonchev–Trinajstić information content (AvgIpc) is 3.45. The number of hydrogen-bond acceptors (Lipinski definition) is 4. The summed E-state index contributed by atoms with van der Waals surface area (Å²) in [6.45, 7) is 1.56. The van der Waals surface area contributed by atoms with Gasteiger partial charge in [0.1, 0.15) is 5.82 Å². The third-order valence-corrected chi connectivity index (χ3v) is 7.74. The highest BCUT2D eigenvalue weighted by molar-refractivity contribution is 7.89. The van der Waals surface area contributed by atoms with Gasteiger partial charge in [0, 0.05) is 26.1 Å². The van der Waals surface area contributed by atoms with Gasteiger partial charge in [-0.2, -0.15) is 0 Å². The van der Waals surface area contributed by atoms with Crippen molar-refractivity contribution in [3.63, 3.8) is 0 Å². The van der Waals surface area contributed by atoms with Gasteiger partial charge in [-0.25, -0.2) is 22.1 Å². The smallest absolute Gasteiger partial charge is 0.220 e. The van der Waals surface area contributed by atoms with Gasteiger partial charge in [-0.05, 0) is 49.1 Å². The van der Waals surface area contributed by atoms with Crippen LogP contribution < -0.4 is 5.32 Å². The molecule has 2 heterocycles. The standard InChI is InChI=1S/C23H27FN4O3S/c24-19-11-9-18(10-12-19)21(16-27-17-25-20-6-1-2-7-22(20)27)26-23(29)8-5-15-32(30,31)28-13-3-4-14-28/h1-2,6-7,9-12,17,21H,3-5,8,13-16H2,(H,26,29). The highest BCUT2D eigenvalue weighted by Crippen LogP contribution is 2.20. The highest BCUT2D eigenvalue weighted by Gasteiger charge is 2.25. The van der Waals surface area contributed by atoms with E-state index in [1.54, 1.807) is 18.5 Å². The first-order valence-corrected chi connectivity index (χ1v) is 12.5. The SMILES string of the molecule is O=C(CCCS(=O)(=O)N1CCCC1)NC(Cn1cnc2ccccc21)c1ccc(F)cc1. The molecule has 1 atom stereocenters. The monoisotopic (exact) mass is 458 g/mol. The molecule has 1 fully saturated rings. The van der Waals surface area contributed by atoms with Crippen molar-refractivity contribution in [1.29, 1.82) is 0 Å². The Bertz CT molecular complexity index is 1170. The molecule has 0 spiro atoms. The molecule has 1 unspecified atom stereocenters. The molecule has 1 aliphatic heterocycles. The minimum atomic E-state index is -3.31. The van der Waals surface area contributed by atoms with Crippen LogP contribution in [0.15, 0.2) is 54.9 Å². The van der Waals surface area contributed by atoms with E-state index in [0.29, 0.717) is 19.6 Å². The predicted octanol–water partition coefficient (Wildman–Crippen LogP) is 3.24. The van der Waals surface area contributed by atoms with Crippen molar-refractivity contribution in [3.05, 3.63) is 66.2 Å². The summed E-state index contributed by atoms with van der Waals surface area (Å²) in [4.78, 5) is 17.1. The third-order valence-electron chi connectivity index (χ3n) is 5.78. The minimum Gasteiger partial charge on any atom is -0.347 e. The first-order valence-electron chi connectivity index (χ1n) is 10.8. The average molecular weight is 459 g/mol. The van der Waals surface area contributed by atoms with E-state index >= 15 is 0 Å². The molecule has 1 amide bonds. The van der Waals surface area contributed by atoms with Gasteiger partial charge in [0.05, 0.1) is 29.2 Å². The molecule has 1 aromatic heterocycles. The molecule has 0 aliphatic carbocycles. The molecule has 1 N–H and O–H groups in total. The molecule has 32 heavy (non-hydrogen) atoms. The molecule has 0 saturated carbocycles. The topological polar surface area (TPSA) is 84.3 Å². The minimum absolute atomic E-state index is 0.0339. The van der Waals surface area contributed by atoms with Gasteiger partial charge in [0.2, 0.25) is 15.9 Å². The zero-order valence-corrected chi connectivity index (χ0v) is 18.6. The summed E-state index contributed by atoms with van der Waals surface area (Å²) in [6.07, 6.45) is 3.87. The predicted molar refractivity (Wildman–Crippen MR) is 121 cm³/mol. The van der Waals surface area contributed by atoms with Crippen LogP contribution in [0, 0.1) is 5.82 Å². The van der Waals surface area contributed by atoms with Gasteiger partial charge >= 0.3 is 0 Å². The van der Waals surface area contributed by atoms with E-state index in [-0.39, 0.29) is 30.3 Å². The zero-order chi connectivity index (χ0) is 22.6. The number of fused-ring (bicyclic) bond motifs is 1. The fourth-order valence-electron chi connectivity index (χ4n) is 4.06. The number of halogens is 1. The number of aromatic nitrogens is 2. The van der Waals surface area contributed by atoms with E-state index in [1.807, 2.05) is 28.8 Å². The summed E-state index contributed by atoms with van der Waals surface area (Å²) in [5, 5.41) is 2.99. The normalized spacial score (nSPS) is 15.8. The zero-order valence-electron chi connectivity index (χ0n) is 17.8. The Hall–Kier alpha value is -2.78. The van der Waals surface area contributed by atoms with E-state index in [9.17, 15) is 17.6 Å². The van der Waals surface area contributed by atoms with Crippen molar-refractivity contribution >= 4 is 27.0 Å². The van der Waals surface area contributed by atoms with Crippen molar-refractivity contribution in [2.45, 2.75) is 38.3 Å². The second kappa shape index (κ2) is 9.79. The fourth-order valence-corrected chi connectivity index (χ4v) is 5.64. The summed E-state index contributed by atoms with van der Waals surface area (Å²) in [7, 11) is -3.31. The Labute approximate surface area is 187 Å². The maximum atomic E-state index is 13.4. The Morgan fingerprint density at radius 2 is 1.81 bits per heavy atom. The van der Waals surface area contributed by atoms with Crippen LogP contribution in [0.1, 0.15) is 37.3 Å². The number of amides is 1. The lowest BCUT2D eigenvalue weighted by Gasteiger charge is -2.21. The van der Waals surface area contributed by atoms with Crippen LogP contribution in [0.5, 0.6) is 0 Å². The Kier molecular flexibility index (Phi) is 6.86. The van der Waals surface area contributed by atoms with Gasteiger partial charge in [0.25, 0.3) is 0 Å². The van der Waals surface area contributed by atoms with Gasteiger partial charge in [0.15, 0.2) is 0 Å². The number of sulfonamides is 1. The van der Waals surface area contributed by atoms with Crippen molar-refractivity contribution in [2.24, 2.45) is 0 Å². The molecule has 170 valence electrons. The summed E-state index contributed by atoms with van der Waals surface area (Å²) in [5.74, 6) is -0.618. The quantitative estimate of drug-likeness (QED) is 0.534. The number of nitrogens with one attached hydrogen (secondary N) is 1. The number of rotatable bonds is 9. The lowest BCUT2D eigenvalue weighted by atomic mass is 10.1. The van der Waals surface area contributed by atoms with Crippen LogP contribution in [0.4, 0.5) is 4.39 Å². The number of benzene rings is 2. The number of para-hydroxylation sites is 2. The first kappa shape index (κ1) is 22.4. The second-order valence-electron chi connectivity index (χ2n) is 8.08. The van der Waals surface area contributed by atoms with E-state index in [0.717, 1.165) is 29.4 Å². The summed E-state index contributed by atoms with van der Waals surface area (Å²) < 4.78 is 41.6. The number of carbonyl (C=O) groups excluding carboxylic acids is 1. The third kappa shape index (κ3) is 5.34. The lowest BCUT2D eigenvalue weighted by Crippen LogP contribution is -2.33. The number of nitrogens with zero attached hydrogens (tertiary/aromatic N) is 3. The Balaban J connectivity index is 1.43. The van der Waals surface area contributed by atoms with Gasteiger partial charge < -0.3 is 9.88 Å². The molecule has 2 aromatic carbocycles. The van der Waals surface area contributed by atoms with Crippen LogP contribution in [0.3, 0.4) is 0 Å². The molecule has 1 saturated heterocycles. The van der Waals surface area contributed by atoms with Gasteiger partial charge in [-0.15, -0.1) is 0 Å². The summed E-state index contributed by atoms with van der Waals surface area (Å²) in [5.41, 5.74) is 2.55. The van der Waals surface area contributed by atoms with E-state index in [1.165, 1.54) is 16.4 Å². The van der Waals surface area contributed by atoms with Crippen molar-refractivity contribution in [3.8, 4) is 0 Å². The largest absolute Gasteiger partial charge is 0.347 e. The summed E-state index contributed by atoms with van der Waals surface area (Å²) in [6, 6.07) is 13.3. The Morgan fingerprint density at radius 1 is 1.09 bits per heavy atom. The number of carbonyl (C=O) groups is 1. The highest BCUT2D eigenvalue weighted by atomic mass is 32.2. The van der Waals surface area contributed by atoms with Gasteiger partial charge in [-0.1, -0.05) is 24.3 Å². The first-order chi connectivity index (χ1) is 15.4. The van der Waals surface area contributed by atoms with Crippen LogP contribution >= 0.6 is 0 Å². The van der Waals surface area contributed by atoms with E-state index < -0.39 is 16.1 Å². The summed E-state index contributed by atoms with van der Waals surface area (Å²) >= 11 is 0. The van der Waals surface area contributed by atoms with E-state index in [2.05, 4.69) is 10.3 Å². The molecule has 3 aromatic rings. The van der Waals surface area contributed by atoms with E-state index in [4.69, 9.17) is 0 Å². The van der Waals surface area contributed by atoms with Crippen LogP contribution in [0.2, 0.25) is 0 Å². The lowest BCUT2D eigenvalue weighted by molar-refractivity contribution is -0.121. The maximum Gasteiger partial charge on any atom is 0.220 e. The molecule has 7 nitrogen and oxygen atoms in total. The number of imidazole rings is 1. The molecular formula is C23H27FN4O3S. The number of hydrogen-bond donors (Lipinski definition) is 1. The molecule has 0 radical (unpaired) electrons. The second-order valence-corrected chi connectivity index (χ2v) is 10.2. The Morgan fingerprint density at radius 3 is 2.56 bits per heavy atom. The van der Waals surface area contributed by atoms with Crippen LogP contribution in [0.25, 0.3) is 11.0 Å². The van der Waals surface area contributed by atoms with Crippen molar-refractivity contribution < 1.29 is 17.6 Å². The van der Waals surface area contributed by atoms with Crippen LogP contribution in [-0.4, -0.2) is 47.0 Å². The van der Waals surface area contributed by atoms with Crippen LogP contribution in [-0.2, 0) is 21.4 Å². The molecule has 9 heteroatoms. The van der Waals surface area contributed by atoms with Gasteiger partial charge in [-0.3, -0.25) is 4.79 Å². The van der Waals surface area contributed by atoms with Crippen molar-refractivity contribution in [1.82, 2.24) is 19.2 Å². The molecule has 0 bridgehead atoms. The maximum absolute atomic E-state index is 13.4. The molecule has 4 rings (SSSR count). The molecule has 1 aliphatic rings. The molecular weight excluding hydrogens is 431 g/mol. The fraction of sp³-hybridized carbons (Fsp3) is 0.391.